The predicted molar refractivity (Wildman–Crippen MR) is 104 cm³/mol. The van der Waals surface area contributed by atoms with Gasteiger partial charge in [-0.15, -0.1) is 11.3 Å². The Morgan fingerprint density at radius 1 is 1.11 bits per heavy atom. The van der Waals surface area contributed by atoms with Crippen LogP contribution in [0.2, 0.25) is 0 Å². The Balaban J connectivity index is 1.48. The second kappa shape index (κ2) is 8.55. The molecule has 0 radical (unpaired) electrons. The molecule has 2 amide bonds. The number of thiazole rings is 1. The zero-order chi connectivity index (χ0) is 19.2. The molecule has 0 saturated carbocycles. The lowest BCUT2D eigenvalue weighted by Crippen LogP contribution is -2.36. The van der Waals surface area contributed by atoms with Gasteiger partial charge in [0.05, 0.1) is 5.69 Å². The van der Waals surface area contributed by atoms with Crippen molar-refractivity contribution in [3.05, 3.63) is 71.0 Å². The molecule has 7 heteroatoms. The summed E-state index contributed by atoms with van der Waals surface area (Å²) in [5.41, 5.74) is 3.32. The standard InChI is InChI=1S/C20H18FN3O2S/c1-13-5-7-14(8-6-13)20-24-17(12-27-20)9-10-22-18(25)19(26)23-16-4-2-3-15(21)11-16/h2-8,11-12H,9-10H2,1H3,(H,22,25)(H,23,26). The average Bonchev–Trinajstić information content (AvgIpc) is 3.11. The van der Waals surface area contributed by atoms with Crippen LogP contribution in [-0.2, 0) is 16.0 Å². The number of nitrogens with one attached hydrogen (secondary N) is 2. The van der Waals surface area contributed by atoms with Gasteiger partial charge in [0.1, 0.15) is 10.8 Å². The van der Waals surface area contributed by atoms with E-state index in [1.807, 2.05) is 36.6 Å². The number of carbonyl (C=O) groups excluding carboxylic acids is 2. The lowest BCUT2D eigenvalue weighted by molar-refractivity contribution is -0.136. The van der Waals surface area contributed by atoms with Crippen LogP contribution in [0.15, 0.2) is 53.9 Å². The number of benzene rings is 2. The molecule has 0 fully saturated rings. The van der Waals surface area contributed by atoms with Crippen LogP contribution >= 0.6 is 11.3 Å². The second-order valence-electron chi connectivity index (χ2n) is 5.98. The molecule has 3 aromatic rings. The number of carbonyl (C=O) groups is 2. The first-order chi connectivity index (χ1) is 13.0. The molecule has 1 aromatic heterocycles. The SMILES string of the molecule is Cc1ccc(-c2nc(CCNC(=O)C(=O)Nc3cccc(F)c3)cs2)cc1. The number of halogens is 1. The lowest BCUT2D eigenvalue weighted by atomic mass is 10.2. The van der Waals surface area contributed by atoms with E-state index in [4.69, 9.17) is 0 Å². The summed E-state index contributed by atoms with van der Waals surface area (Å²) in [5, 5.41) is 7.75. The quantitative estimate of drug-likeness (QED) is 0.662. The number of nitrogens with zero attached hydrogens (tertiary/aromatic N) is 1. The van der Waals surface area contributed by atoms with Gasteiger partial charge in [0, 0.05) is 29.6 Å². The van der Waals surface area contributed by atoms with Crippen LogP contribution in [0.25, 0.3) is 10.6 Å². The largest absolute Gasteiger partial charge is 0.347 e. The highest BCUT2D eigenvalue weighted by Gasteiger charge is 2.14. The molecule has 0 aliphatic rings. The lowest BCUT2D eigenvalue weighted by Gasteiger charge is -2.06. The number of aryl methyl sites for hydroxylation is 1. The van der Waals surface area contributed by atoms with E-state index in [0.29, 0.717) is 6.42 Å². The minimum atomic E-state index is -0.834. The van der Waals surface area contributed by atoms with Gasteiger partial charge < -0.3 is 10.6 Å². The van der Waals surface area contributed by atoms with Gasteiger partial charge in [0.15, 0.2) is 0 Å². The molecule has 2 N–H and O–H groups in total. The zero-order valence-electron chi connectivity index (χ0n) is 14.7. The van der Waals surface area contributed by atoms with Crippen molar-refractivity contribution in [1.82, 2.24) is 10.3 Å². The second-order valence-corrected chi connectivity index (χ2v) is 6.84. The first kappa shape index (κ1) is 18.7. The number of amides is 2. The minimum Gasteiger partial charge on any atom is -0.347 e. The Morgan fingerprint density at radius 3 is 2.63 bits per heavy atom. The maximum absolute atomic E-state index is 13.1. The monoisotopic (exact) mass is 383 g/mol. The summed E-state index contributed by atoms with van der Waals surface area (Å²) in [5.74, 6) is -2.09. The van der Waals surface area contributed by atoms with Crippen molar-refractivity contribution in [1.29, 1.82) is 0 Å². The summed E-state index contributed by atoms with van der Waals surface area (Å²) in [6.07, 6.45) is 0.515. The van der Waals surface area contributed by atoms with E-state index in [-0.39, 0.29) is 12.2 Å². The van der Waals surface area contributed by atoms with Crippen molar-refractivity contribution in [3.8, 4) is 10.6 Å². The number of rotatable bonds is 5. The van der Waals surface area contributed by atoms with Gasteiger partial charge in [-0.3, -0.25) is 9.59 Å². The number of aromatic nitrogens is 1. The molecule has 0 bridgehead atoms. The molecular weight excluding hydrogens is 365 g/mol. The Hall–Kier alpha value is -3.06. The molecule has 5 nitrogen and oxygen atoms in total. The minimum absolute atomic E-state index is 0.234. The van der Waals surface area contributed by atoms with Gasteiger partial charge in [-0.2, -0.15) is 0 Å². The highest BCUT2D eigenvalue weighted by Crippen LogP contribution is 2.24. The summed E-state index contributed by atoms with van der Waals surface area (Å²) in [7, 11) is 0. The third-order valence-electron chi connectivity index (χ3n) is 3.81. The van der Waals surface area contributed by atoms with Crippen LogP contribution in [0.4, 0.5) is 10.1 Å². The molecule has 0 unspecified atom stereocenters. The predicted octanol–water partition coefficient (Wildman–Crippen LogP) is 3.56. The van der Waals surface area contributed by atoms with E-state index >= 15 is 0 Å². The fourth-order valence-electron chi connectivity index (χ4n) is 2.39. The van der Waals surface area contributed by atoms with Gasteiger partial charge in [0.25, 0.3) is 0 Å². The number of hydrogen-bond donors (Lipinski definition) is 2. The van der Waals surface area contributed by atoms with Crippen LogP contribution in [0, 0.1) is 12.7 Å². The van der Waals surface area contributed by atoms with Gasteiger partial charge >= 0.3 is 11.8 Å². The fourth-order valence-corrected chi connectivity index (χ4v) is 3.25. The van der Waals surface area contributed by atoms with Crippen LogP contribution < -0.4 is 10.6 Å². The first-order valence-electron chi connectivity index (χ1n) is 8.37. The van der Waals surface area contributed by atoms with Crippen molar-refractivity contribution in [3.63, 3.8) is 0 Å². The Kier molecular flexibility index (Phi) is 5.93. The van der Waals surface area contributed by atoms with E-state index in [2.05, 4.69) is 15.6 Å². The summed E-state index contributed by atoms with van der Waals surface area (Å²) in [6, 6.07) is 13.5. The van der Waals surface area contributed by atoms with E-state index in [1.54, 1.807) is 0 Å². The van der Waals surface area contributed by atoms with Crippen LogP contribution in [0.1, 0.15) is 11.3 Å². The normalized spacial score (nSPS) is 10.4. The maximum atomic E-state index is 13.1. The summed E-state index contributed by atoms with van der Waals surface area (Å²) >= 11 is 1.54. The smallest absolute Gasteiger partial charge is 0.313 e. The van der Waals surface area contributed by atoms with Crippen molar-refractivity contribution < 1.29 is 14.0 Å². The molecule has 0 spiro atoms. The molecule has 0 saturated heterocycles. The highest BCUT2D eigenvalue weighted by molar-refractivity contribution is 7.13. The maximum Gasteiger partial charge on any atom is 0.313 e. The van der Waals surface area contributed by atoms with Gasteiger partial charge in [0.2, 0.25) is 0 Å². The summed E-state index contributed by atoms with van der Waals surface area (Å²) < 4.78 is 13.1. The molecule has 0 aliphatic heterocycles. The molecule has 0 aliphatic carbocycles. The van der Waals surface area contributed by atoms with E-state index < -0.39 is 17.6 Å². The van der Waals surface area contributed by atoms with Crippen molar-refractivity contribution in [2.45, 2.75) is 13.3 Å². The third-order valence-corrected chi connectivity index (χ3v) is 4.75. The molecule has 3 rings (SSSR count). The zero-order valence-corrected chi connectivity index (χ0v) is 15.5. The van der Waals surface area contributed by atoms with E-state index in [1.165, 1.54) is 35.1 Å². The Morgan fingerprint density at radius 2 is 1.89 bits per heavy atom. The third kappa shape index (κ3) is 5.21. The van der Waals surface area contributed by atoms with Crippen molar-refractivity contribution >= 4 is 28.8 Å². The van der Waals surface area contributed by atoms with Gasteiger partial charge in [-0.1, -0.05) is 35.9 Å². The average molecular weight is 383 g/mol. The fraction of sp³-hybridized carbons (Fsp3) is 0.150. The topological polar surface area (TPSA) is 71.1 Å². The van der Waals surface area contributed by atoms with Gasteiger partial charge in [-0.05, 0) is 25.1 Å². The highest BCUT2D eigenvalue weighted by atomic mass is 32.1. The van der Waals surface area contributed by atoms with Crippen molar-refractivity contribution in [2.24, 2.45) is 0 Å². The first-order valence-corrected chi connectivity index (χ1v) is 9.25. The van der Waals surface area contributed by atoms with Crippen molar-refractivity contribution in [2.75, 3.05) is 11.9 Å². The number of hydrogen-bond acceptors (Lipinski definition) is 4. The molecule has 27 heavy (non-hydrogen) atoms. The van der Waals surface area contributed by atoms with Gasteiger partial charge in [-0.25, -0.2) is 9.37 Å². The summed E-state index contributed by atoms with van der Waals surface area (Å²) in [6.45, 7) is 2.32. The molecule has 2 aromatic carbocycles. The van der Waals surface area contributed by atoms with Crippen LogP contribution in [0.5, 0.6) is 0 Å². The summed E-state index contributed by atoms with van der Waals surface area (Å²) in [4.78, 5) is 28.2. The van der Waals surface area contributed by atoms with Crippen LogP contribution in [-0.4, -0.2) is 23.3 Å². The Labute approximate surface area is 160 Å². The molecule has 0 atom stereocenters. The Bertz CT molecular complexity index is 954. The molecular formula is C20H18FN3O2S. The number of anilines is 1. The van der Waals surface area contributed by atoms with E-state index in [0.717, 1.165) is 22.3 Å². The van der Waals surface area contributed by atoms with E-state index in [9.17, 15) is 14.0 Å². The van der Waals surface area contributed by atoms with Crippen LogP contribution in [0.3, 0.4) is 0 Å². The molecule has 138 valence electrons. The molecule has 1 heterocycles.